The second-order valence-corrected chi connectivity index (χ2v) is 36.6. The number of carbonyl (C=O) groups is 1. The molecule has 0 radical (unpaired) electrons. The van der Waals surface area contributed by atoms with E-state index < -0.39 is 10.0 Å². The zero-order valence-corrected chi connectivity index (χ0v) is 74.8. The Morgan fingerprint density at radius 3 is 1.30 bits per heavy atom. The topological polar surface area (TPSA) is 112 Å². The lowest BCUT2D eigenvalue weighted by Crippen LogP contribution is -2.50. The van der Waals surface area contributed by atoms with E-state index in [9.17, 15) is 13.2 Å². The molecule has 20 heteroatoms. The zero-order valence-electron chi connectivity index (χ0n) is 73.2. The number of carbonyl (C=O) groups excluding carboxylic acids is 1. The molecule has 5 unspecified atom stereocenters. The largest absolute Gasteiger partial charge is 0.378 e. The first-order valence-electron chi connectivity index (χ1n) is 42.6. The number of hydrogen-bond acceptors (Lipinski definition) is 17. The number of nitrogens with zero attached hydrogens (tertiary/aromatic N) is 13. The van der Waals surface area contributed by atoms with Crippen molar-refractivity contribution in [2.24, 2.45) is 0 Å². The van der Waals surface area contributed by atoms with Crippen LogP contribution in [0.2, 0.25) is 0 Å². The van der Waals surface area contributed by atoms with Crippen LogP contribution in [0, 0.1) is 0 Å². The van der Waals surface area contributed by atoms with Crippen molar-refractivity contribution in [3.8, 4) is 0 Å². The summed E-state index contributed by atoms with van der Waals surface area (Å²) in [5.41, 5.74) is 4.30. The van der Waals surface area contributed by atoms with Crippen LogP contribution >= 0.6 is 11.8 Å². The molecule has 8 saturated heterocycles. The summed E-state index contributed by atoms with van der Waals surface area (Å²) in [5, 5.41) is 0. The Hall–Kier alpha value is -3.13. The molecular weight excluding hydrogens is 1380 g/mol. The molecule has 0 spiro atoms. The van der Waals surface area contributed by atoms with Crippen molar-refractivity contribution in [3.05, 3.63) is 108 Å². The van der Waals surface area contributed by atoms with E-state index >= 15 is 0 Å². The number of benzene rings is 3. The highest BCUT2D eigenvalue weighted by molar-refractivity contribution is 7.99. The third-order valence-corrected chi connectivity index (χ3v) is 25.0. The maximum Gasteiger partial charge on any atom is 0.219 e. The summed E-state index contributed by atoms with van der Waals surface area (Å²) >= 11 is 2.08. The van der Waals surface area contributed by atoms with Crippen LogP contribution < -0.4 is 0 Å². The van der Waals surface area contributed by atoms with E-state index in [2.05, 4.69) is 302 Å². The standard InChI is InChI=1S/C15H24N2.C13H19NO.C13H19NS.C10H20N2O.C10H22N2.C9H20N2O2S.C9H20N2.C9H19NO/c1-4-16-10-11-17(13(2)3)15(12-16)14-8-6-5-7-9-14;2*1-11(2)14-8-9-15-10-13(14)12-6-4-3-5-7-12;1-9(2)11-5-4-6-12(8-7-11)10(3)13;1-4-11-6-5-7-12(9-8-11)10(2)3;1-9(2)10-5-4-6-11(8-7-10)14(3,12)13;1-9(2)11-6-4-5-10(3)7-8-11;1-7(2)10-5-8(3)11-9(4)6-10/h5-9,13,15H,4,10-12H2,1-3H3;2*3-7,11,13H,8-10H2,1-2H3;9H,4-8H2,1-3H3;10H,4-9H2,1-3H3;9H,4-8H2,1-3H3;9H,4-8H2,1-3H3;7-9H,5-6H2,1-4H3. The number of ether oxygens (including phenoxy) is 2. The molecule has 8 aliphatic rings. The van der Waals surface area contributed by atoms with Gasteiger partial charge in [-0.15, -0.1) is 0 Å². The minimum atomic E-state index is -2.99. The van der Waals surface area contributed by atoms with Gasteiger partial charge < -0.3 is 29.1 Å². The van der Waals surface area contributed by atoms with Gasteiger partial charge in [0.1, 0.15) is 0 Å². The van der Waals surface area contributed by atoms with E-state index in [0.29, 0.717) is 79.7 Å². The highest BCUT2D eigenvalue weighted by Crippen LogP contribution is 2.32. The summed E-state index contributed by atoms with van der Waals surface area (Å²) < 4.78 is 35.4. The molecule has 8 fully saturated rings. The van der Waals surface area contributed by atoms with Crippen molar-refractivity contribution >= 4 is 27.7 Å². The molecule has 0 bridgehead atoms. The van der Waals surface area contributed by atoms with Gasteiger partial charge in [-0.2, -0.15) is 11.8 Å². The van der Waals surface area contributed by atoms with E-state index in [1.54, 1.807) is 11.2 Å². The quantitative estimate of drug-likeness (QED) is 0.152. The number of morpholine rings is 2. The first kappa shape index (κ1) is 97.2. The summed E-state index contributed by atoms with van der Waals surface area (Å²) in [6.07, 6.45) is 6.81. The van der Waals surface area contributed by atoms with Gasteiger partial charge in [-0.05, 0) is 220 Å². The van der Waals surface area contributed by atoms with Crippen molar-refractivity contribution in [2.75, 3.05) is 202 Å². The van der Waals surface area contributed by atoms with Crippen LogP contribution in [-0.4, -0.2) is 340 Å². The predicted molar refractivity (Wildman–Crippen MR) is 464 cm³/mol. The Morgan fingerprint density at radius 2 is 0.833 bits per heavy atom. The van der Waals surface area contributed by atoms with Crippen LogP contribution in [0.1, 0.15) is 206 Å². The molecule has 0 aliphatic carbocycles. The molecule has 8 aliphatic heterocycles. The van der Waals surface area contributed by atoms with Crippen LogP contribution in [0.3, 0.4) is 0 Å². The predicted octanol–water partition coefficient (Wildman–Crippen LogP) is 13.7. The van der Waals surface area contributed by atoms with E-state index in [0.717, 1.165) is 104 Å². The number of likely N-dealkylation sites (N-methyl/N-ethyl adjacent to an activating group) is 3. The average molecular weight is 1550 g/mol. The Balaban J connectivity index is 0.000000262. The fourth-order valence-electron chi connectivity index (χ4n) is 15.7. The highest BCUT2D eigenvalue weighted by atomic mass is 32.2. The van der Waals surface area contributed by atoms with E-state index in [1.165, 1.54) is 132 Å². The van der Waals surface area contributed by atoms with Crippen LogP contribution in [-0.2, 0) is 24.3 Å². The Labute approximate surface area is 668 Å². The maximum atomic E-state index is 11.3. The molecule has 18 nitrogen and oxygen atoms in total. The van der Waals surface area contributed by atoms with Gasteiger partial charge in [-0.1, -0.05) is 105 Å². The second kappa shape index (κ2) is 53.1. The van der Waals surface area contributed by atoms with E-state index in [4.69, 9.17) is 9.47 Å². The molecule has 1 amide bonds. The molecular formula is C88H163N13O5S2. The monoisotopic (exact) mass is 1550 g/mol. The van der Waals surface area contributed by atoms with E-state index in [1.807, 2.05) is 4.90 Å². The molecule has 5 atom stereocenters. The summed E-state index contributed by atoms with van der Waals surface area (Å²) in [6, 6.07) is 39.1. The molecule has 3 aromatic carbocycles. The van der Waals surface area contributed by atoms with Gasteiger partial charge in [-0.25, -0.2) is 12.7 Å². The molecule has 108 heavy (non-hydrogen) atoms. The fraction of sp³-hybridized carbons (Fsp3) is 0.784. The Bertz CT molecular complexity index is 2790. The van der Waals surface area contributed by atoms with Gasteiger partial charge in [0, 0.05) is 197 Å². The molecule has 0 aromatic heterocycles. The number of piperazine rings is 1. The second-order valence-electron chi connectivity index (χ2n) is 33.5. The third kappa shape index (κ3) is 37.0. The SMILES string of the molecule is CC(=O)N1CCCN(C(C)C)CC1.CC(C)N1CCCN(C)CC1.CC(C)N1CCCN(S(C)(=O)=O)CC1.CC(C)N1CCOCC1c1ccccc1.CC(C)N1CCSCC1c1ccccc1.CC1CN(C(C)C)CC(C)O1.CCN1CCCN(C(C)C)CC1.CCN1CCN(C(C)C)C(c2ccccc2)C1. The van der Waals surface area contributed by atoms with Gasteiger partial charge in [0.25, 0.3) is 0 Å². The van der Waals surface area contributed by atoms with E-state index in [-0.39, 0.29) is 5.91 Å². The van der Waals surface area contributed by atoms with Crippen molar-refractivity contribution in [2.45, 2.75) is 250 Å². The fourth-order valence-corrected chi connectivity index (χ4v) is 17.7. The van der Waals surface area contributed by atoms with Gasteiger partial charge in [0.15, 0.2) is 0 Å². The minimum absolute atomic E-state index is 0.214. The zero-order chi connectivity index (χ0) is 79.9. The molecule has 11 rings (SSSR count). The van der Waals surface area contributed by atoms with Crippen molar-refractivity contribution < 1.29 is 22.7 Å². The van der Waals surface area contributed by atoms with Crippen molar-refractivity contribution in [3.63, 3.8) is 0 Å². The number of hydrogen-bond donors (Lipinski definition) is 0. The molecule has 622 valence electrons. The van der Waals surface area contributed by atoms with Gasteiger partial charge in [-0.3, -0.25) is 44.0 Å². The number of amides is 1. The van der Waals surface area contributed by atoms with Crippen LogP contribution in [0.5, 0.6) is 0 Å². The smallest absolute Gasteiger partial charge is 0.219 e. The van der Waals surface area contributed by atoms with Crippen LogP contribution in [0.15, 0.2) is 91.0 Å². The summed E-state index contributed by atoms with van der Waals surface area (Å²) in [5.74, 6) is 2.73. The number of sulfonamides is 1. The summed E-state index contributed by atoms with van der Waals surface area (Å²) in [7, 11) is -0.780. The van der Waals surface area contributed by atoms with Crippen LogP contribution in [0.4, 0.5) is 0 Å². The highest BCUT2D eigenvalue weighted by Gasteiger charge is 2.31. The lowest BCUT2D eigenvalue weighted by Gasteiger charge is -2.43. The average Bonchev–Trinajstić information content (AvgIpc) is 1.78. The Morgan fingerprint density at radius 1 is 0.426 bits per heavy atom. The van der Waals surface area contributed by atoms with Crippen LogP contribution in [0.25, 0.3) is 0 Å². The van der Waals surface area contributed by atoms with Crippen molar-refractivity contribution in [1.29, 1.82) is 0 Å². The minimum Gasteiger partial charge on any atom is -0.378 e. The van der Waals surface area contributed by atoms with Crippen molar-refractivity contribution in [1.82, 2.24) is 63.1 Å². The maximum absolute atomic E-state index is 11.3. The first-order chi connectivity index (χ1) is 51.3. The van der Waals surface area contributed by atoms with Gasteiger partial charge >= 0.3 is 0 Å². The molecule has 0 N–H and O–H groups in total. The molecule has 0 saturated carbocycles. The normalized spacial score (nSPS) is 24.0. The molecule has 8 heterocycles. The first-order valence-corrected chi connectivity index (χ1v) is 45.6. The molecule has 3 aromatic rings. The lowest BCUT2D eigenvalue weighted by molar-refractivity contribution is -0.128. The summed E-state index contributed by atoms with van der Waals surface area (Å²) in [4.78, 5) is 40.7. The summed E-state index contributed by atoms with van der Waals surface area (Å²) in [6.45, 7) is 75.8. The number of thioether (sulfide) groups is 1. The van der Waals surface area contributed by atoms with Gasteiger partial charge in [0.05, 0.1) is 37.7 Å². The third-order valence-electron chi connectivity index (χ3n) is 22.7. The lowest BCUT2D eigenvalue weighted by atomic mass is 10.0. The van der Waals surface area contributed by atoms with Gasteiger partial charge in [0.2, 0.25) is 15.9 Å². The Kier molecular flexibility index (Phi) is 47.8. The number of rotatable bonds is 14.